The van der Waals surface area contributed by atoms with E-state index in [1.165, 1.54) is 18.2 Å². The molecule has 0 aliphatic carbocycles. The number of halogens is 4. The van der Waals surface area contributed by atoms with Crippen molar-refractivity contribution < 1.29 is 33.0 Å². The number of rotatable bonds is 7. The minimum Gasteiger partial charge on any atom is -0.506 e. The van der Waals surface area contributed by atoms with E-state index in [1.807, 2.05) is 0 Å². The van der Waals surface area contributed by atoms with Gasteiger partial charge in [-0.15, -0.1) is 0 Å². The first-order chi connectivity index (χ1) is 12.6. The number of aromatic hydroxyl groups is 1. The fraction of sp³-hybridized carbons (Fsp3) is 0.278. The lowest BCUT2D eigenvalue weighted by atomic mass is 10.1. The topological polar surface area (TPSA) is 87.5 Å². The highest BCUT2D eigenvalue weighted by atomic mass is 35.5. The summed E-state index contributed by atoms with van der Waals surface area (Å²) < 4.78 is 38.2. The van der Waals surface area contributed by atoms with Crippen molar-refractivity contribution in [2.75, 3.05) is 0 Å². The van der Waals surface area contributed by atoms with Gasteiger partial charge in [-0.2, -0.15) is 13.2 Å². The number of aliphatic carboxylic acids is 1. The van der Waals surface area contributed by atoms with Crippen LogP contribution >= 0.6 is 11.6 Å². The molecular weight excluding hydrogens is 387 g/mol. The summed E-state index contributed by atoms with van der Waals surface area (Å²) in [6.07, 6.45) is -4.87. The van der Waals surface area contributed by atoms with Crippen LogP contribution in [0.1, 0.15) is 30.5 Å². The average Bonchev–Trinajstić information content (AvgIpc) is 2.58. The molecule has 144 valence electrons. The molecule has 9 heteroatoms. The molecule has 1 heterocycles. The minimum atomic E-state index is -4.52. The van der Waals surface area contributed by atoms with Crippen molar-refractivity contribution in [1.29, 1.82) is 0 Å². The molecule has 0 aliphatic heterocycles. The zero-order valence-corrected chi connectivity index (χ0v) is 14.6. The van der Waals surface area contributed by atoms with Crippen LogP contribution in [0, 0.1) is 0 Å². The predicted octanol–water partition coefficient (Wildman–Crippen LogP) is 4.49. The van der Waals surface area contributed by atoms with Gasteiger partial charge in [0, 0.05) is 24.8 Å². The van der Waals surface area contributed by atoms with Crippen LogP contribution in [0.25, 0.3) is 11.3 Å². The lowest BCUT2D eigenvalue weighted by Crippen LogP contribution is -2.06. The van der Waals surface area contributed by atoms with Gasteiger partial charge in [0.2, 0.25) is 0 Å². The highest BCUT2D eigenvalue weighted by molar-refractivity contribution is 6.33. The van der Waals surface area contributed by atoms with E-state index in [9.17, 15) is 27.9 Å². The molecule has 0 atom stereocenters. The maximum atomic E-state index is 12.7. The van der Waals surface area contributed by atoms with Gasteiger partial charge < -0.3 is 10.2 Å². The summed E-state index contributed by atoms with van der Waals surface area (Å²) in [5, 5.41) is 18.3. The molecule has 0 radical (unpaired) electrons. The van der Waals surface area contributed by atoms with Gasteiger partial charge in [-0.05, 0) is 24.3 Å². The number of benzene rings is 1. The Morgan fingerprint density at radius 2 is 1.78 bits per heavy atom. The van der Waals surface area contributed by atoms with Gasteiger partial charge in [-0.1, -0.05) is 17.7 Å². The second kappa shape index (κ2) is 8.39. The molecular formula is C18H15ClF3NO4. The third-order valence-electron chi connectivity index (χ3n) is 3.78. The molecule has 0 bridgehead atoms. The molecule has 5 nitrogen and oxygen atoms in total. The Morgan fingerprint density at radius 3 is 2.37 bits per heavy atom. The number of nitrogens with zero attached hydrogens (tertiary/aromatic N) is 1. The third-order valence-corrected chi connectivity index (χ3v) is 4.09. The van der Waals surface area contributed by atoms with E-state index in [0.29, 0.717) is 0 Å². The summed E-state index contributed by atoms with van der Waals surface area (Å²) in [5.41, 5.74) is -0.214. The number of alkyl halides is 3. The number of hydrogen-bond donors (Lipinski definition) is 2. The van der Waals surface area contributed by atoms with E-state index in [-0.39, 0.29) is 59.2 Å². The first-order valence-corrected chi connectivity index (χ1v) is 8.25. The molecule has 0 fully saturated rings. The Hall–Kier alpha value is -2.61. The van der Waals surface area contributed by atoms with Crippen LogP contribution in [-0.2, 0) is 22.2 Å². The standard InChI is InChI=1S/C18H15ClF3NO4/c19-13-9-10(18(20,21)22)1-4-12(13)14-6-7-16(25)15(23-14)5-2-11(24)3-8-17(26)27/h1,4,6-7,9,25H,2-3,5,8H2,(H,26,27). The van der Waals surface area contributed by atoms with Crippen LogP contribution in [0.2, 0.25) is 5.02 Å². The van der Waals surface area contributed by atoms with Crippen molar-refractivity contribution in [1.82, 2.24) is 4.98 Å². The van der Waals surface area contributed by atoms with Gasteiger partial charge in [0.15, 0.2) is 0 Å². The molecule has 1 aromatic heterocycles. The summed E-state index contributed by atoms with van der Waals surface area (Å²) in [7, 11) is 0. The quantitative estimate of drug-likeness (QED) is 0.713. The van der Waals surface area contributed by atoms with Crippen LogP contribution in [0.4, 0.5) is 13.2 Å². The van der Waals surface area contributed by atoms with Gasteiger partial charge in [-0.3, -0.25) is 9.59 Å². The predicted molar refractivity (Wildman–Crippen MR) is 91.5 cm³/mol. The van der Waals surface area contributed by atoms with Gasteiger partial charge in [0.1, 0.15) is 11.5 Å². The second-order valence-corrected chi connectivity index (χ2v) is 6.19. The number of pyridine rings is 1. The van der Waals surface area contributed by atoms with Crippen LogP contribution in [0.15, 0.2) is 30.3 Å². The normalized spacial score (nSPS) is 11.4. The Balaban J connectivity index is 2.19. The maximum Gasteiger partial charge on any atom is 0.416 e. The fourth-order valence-electron chi connectivity index (χ4n) is 2.36. The van der Waals surface area contributed by atoms with Crippen molar-refractivity contribution in [2.45, 2.75) is 31.9 Å². The summed E-state index contributed by atoms with van der Waals surface area (Å²) in [4.78, 5) is 26.3. The molecule has 2 N–H and O–H groups in total. The number of carbonyl (C=O) groups is 2. The zero-order valence-electron chi connectivity index (χ0n) is 13.9. The molecule has 27 heavy (non-hydrogen) atoms. The largest absolute Gasteiger partial charge is 0.506 e. The first-order valence-electron chi connectivity index (χ1n) is 7.87. The number of aromatic nitrogens is 1. The van der Waals surface area contributed by atoms with E-state index in [1.54, 1.807) is 0 Å². The number of carboxylic acids is 1. The zero-order chi connectivity index (χ0) is 20.2. The monoisotopic (exact) mass is 401 g/mol. The van der Waals surface area contributed by atoms with Gasteiger partial charge in [-0.25, -0.2) is 4.98 Å². The van der Waals surface area contributed by atoms with Crippen LogP contribution < -0.4 is 0 Å². The minimum absolute atomic E-state index is 0.0158. The third kappa shape index (κ3) is 5.68. The molecule has 0 saturated heterocycles. The van der Waals surface area contributed by atoms with Gasteiger partial charge >= 0.3 is 12.1 Å². The second-order valence-electron chi connectivity index (χ2n) is 5.79. The molecule has 2 rings (SSSR count). The number of carboxylic acid groups (broad SMARTS) is 1. The molecule has 0 spiro atoms. The van der Waals surface area contributed by atoms with Crippen LogP contribution in [0.5, 0.6) is 5.75 Å². The summed E-state index contributed by atoms with van der Waals surface area (Å²) in [6, 6.07) is 5.57. The Morgan fingerprint density at radius 1 is 1.07 bits per heavy atom. The van der Waals surface area contributed by atoms with E-state index in [4.69, 9.17) is 16.7 Å². The molecule has 0 aliphatic rings. The van der Waals surface area contributed by atoms with E-state index < -0.39 is 17.7 Å². The van der Waals surface area contributed by atoms with Crippen molar-refractivity contribution in [3.63, 3.8) is 0 Å². The van der Waals surface area contributed by atoms with Gasteiger partial charge in [0.25, 0.3) is 0 Å². The number of hydrogen-bond acceptors (Lipinski definition) is 4. The molecule has 1 aromatic carbocycles. The van der Waals surface area contributed by atoms with Crippen LogP contribution in [-0.4, -0.2) is 26.9 Å². The van der Waals surface area contributed by atoms with E-state index in [0.717, 1.165) is 12.1 Å². The number of ketones is 1. The van der Waals surface area contributed by atoms with Gasteiger partial charge in [0.05, 0.1) is 28.4 Å². The number of Topliss-reactive ketones (excluding diaryl/α,β-unsaturated/α-hetero) is 1. The Kier molecular flexibility index (Phi) is 6.43. The summed E-state index contributed by atoms with van der Waals surface area (Å²) in [5.74, 6) is -1.55. The average molecular weight is 402 g/mol. The SMILES string of the molecule is O=C(O)CCC(=O)CCc1nc(-c2ccc(C(F)(F)F)cc2Cl)ccc1O. The molecule has 2 aromatic rings. The lowest BCUT2D eigenvalue weighted by Gasteiger charge is -2.11. The fourth-order valence-corrected chi connectivity index (χ4v) is 2.63. The Labute approximate surface area is 157 Å². The summed E-state index contributed by atoms with van der Waals surface area (Å²) >= 11 is 5.95. The smallest absolute Gasteiger partial charge is 0.416 e. The highest BCUT2D eigenvalue weighted by Crippen LogP contribution is 2.35. The lowest BCUT2D eigenvalue weighted by molar-refractivity contribution is -0.138. The van der Waals surface area contributed by atoms with Crippen molar-refractivity contribution in [3.8, 4) is 17.0 Å². The highest BCUT2D eigenvalue weighted by Gasteiger charge is 2.31. The Bertz CT molecular complexity index is 868. The number of aryl methyl sites for hydroxylation is 1. The van der Waals surface area contributed by atoms with E-state index >= 15 is 0 Å². The van der Waals surface area contributed by atoms with E-state index in [2.05, 4.69) is 4.98 Å². The first kappa shape index (κ1) is 20.7. The molecule has 0 saturated carbocycles. The van der Waals surface area contributed by atoms with Crippen LogP contribution in [0.3, 0.4) is 0 Å². The van der Waals surface area contributed by atoms with Crippen molar-refractivity contribution in [3.05, 3.63) is 46.6 Å². The maximum absolute atomic E-state index is 12.7. The molecule has 0 unspecified atom stereocenters. The van der Waals surface area contributed by atoms with Crippen molar-refractivity contribution in [2.24, 2.45) is 0 Å². The molecule has 0 amide bonds. The van der Waals surface area contributed by atoms with Crippen molar-refractivity contribution >= 4 is 23.4 Å². The number of carbonyl (C=O) groups excluding carboxylic acids is 1. The summed E-state index contributed by atoms with van der Waals surface area (Å²) in [6.45, 7) is 0.